The zero-order valence-electron chi connectivity index (χ0n) is 9.77. The van der Waals surface area contributed by atoms with Gasteiger partial charge < -0.3 is 5.73 Å². The van der Waals surface area contributed by atoms with Crippen molar-refractivity contribution in [3.63, 3.8) is 0 Å². The lowest BCUT2D eigenvalue weighted by molar-refractivity contribution is 0.900. The minimum atomic E-state index is 0.638. The first-order valence-electron chi connectivity index (χ1n) is 5.82. The minimum absolute atomic E-state index is 0.638. The summed E-state index contributed by atoms with van der Waals surface area (Å²) in [7, 11) is 0. The van der Waals surface area contributed by atoms with Gasteiger partial charge >= 0.3 is 0 Å². The maximum atomic E-state index is 5.99. The summed E-state index contributed by atoms with van der Waals surface area (Å²) >= 11 is 0. The Morgan fingerprint density at radius 3 is 2.94 bits per heavy atom. The first kappa shape index (κ1) is 10.2. The minimum Gasteiger partial charge on any atom is -0.383 e. The average molecular weight is 226 g/mol. The highest BCUT2D eigenvalue weighted by Gasteiger charge is 2.18. The molecule has 2 N–H and O–H groups in total. The highest BCUT2D eigenvalue weighted by Crippen LogP contribution is 2.28. The topological polar surface area (TPSA) is 64.7 Å². The van der Waals surface area contributed by atoms with Gasteiger partial charge in [-0.1, -0.05) is 0 Å². The number of aryl methyl sites for hydroxylation is 2. The SMILES string of the molecule is Cc1cnccc1-c1nc(N)c2c(n1)CCC2. The second-order valence-corrected chi connectivity index (χ2v) is 4.40. The number of hydrogen-bond donors (Lipinski definition) is 1. The van der Waals surface area contributed by atoms with Crippen LogP contribution in [0.5, 0.6) is 0 Å². The first-order valence-corrected chi connectivity index (χ1v) is 5.82. The lowest BCUT2D eigenvalue weighted by Gasteiger charge is -2.08. The van der Waals surface area contributed by atoms with E-state index in [4.69, 9.17) is 5.73 Å². The molecule has 0 fully saturated rings. The number of anilines is 1. The number of nitrogen functional groups attached to an aromatic ring is 1. The Hall–Kier alpha value is -1.97. The largest absolute Gasteiger partial charge is 0.383 e. The van der Waals surface area contributed by atoms with Crippen molar-refractivity contribution >= 4 is 5.82 Å². The van der Waals surface area contributed by atoms with Crippen LogP contribution < -0.4 is 5.73 Å². The number of nitrogens with two attached hydrogens (primary N) is 1. The zero-order chi connectivity index (χ0) is 11.8. The number of hydrogen-bond acceptors (Lipinski definition) is 4. The monoisotopic (exact) mass is 226 g/mol. The molecule has 0 radical (unpaired) electrons. The van der Waals surface area contributed by atoms with E-state index in [0.717, 1.165) is 47.5 Å². The second-order valence-electron chi connectivity index (χ2n) is 4.40. The van der Waals surface area contributed by atoms with Crippen LogP contribution in [0.2, 0.25) is 0 Å². The molecular formula is C13H14N4. The Morgan fingerprint density at radius 2 is 2.12 bits per heavy atom. The van der Waals surface area contributed by atoms with Gasteiger partial charge in [-0.05, 0) is 37.8 Å². The van der Waals surface area contributed by atoms with E-state index in [1.807, 2.05) is 19.2 Å². The summed E-state index contributed by atoms with van der Waals surface area (Å²) in [6.45, 7) is 2.01. The summed E-state index contributed by atoms with van der Waals surface area (Å²) in [6.07, 6.45) is 6.74. The molecule has 4 heteroatoms. The molecule has 2 aromatic rings. The van der Waals surface area contributed by atoms with Gasteiger partial charge in [-0.2, -0.15) is 0 Å². The average Bonchev–Trinajstić information content (AvgIpc) is 2.78. The molecule has 4 nitrogen and oxygen atoms in total. The molecule has 0 saturated heterocycles. The van der Waals surface area contributed by atoms with Crippen molar-refractivity contribution in [2.24, 2.45) is 0 Å². The summed E-state index contributed by atoms with van der Waals surface area (Å²) in [5.41, 5.74) is 10.3. The van der Waals surface area contributed by atoms with Gasteiger partial charge in [0.15, 0.2) is 5.82 Å². The van der Waals surface area contributed by atoms with Crippen LogP contribution in [0.1, 0.15) is 23.2 Å². The van der Waals surface area contributed by atoms with E-state index < -0.39 is 0 Å². The van der Waals surface area contributed by atoms with Crippen LogP contribution in [0.15, 0.2) is 18.5 Å². The standard InChI is InChI=1S/C13H14N4/c1-8-7-15-6-5-9(8)13-16-11-4-2-3-10(11)12(14)17-13/h5-7H,2-4H2,1H3,(H2,14,16,17). The highest BCUT2D eigenvalue weighted by molar-refractivity contribution is 5.62. The Morgan fingerprint density at radius 1 is 1.24 bits per heavy atom. The predicted octanol–water partition coefficient (Wildman–Crippen LogP) is 1.92. The fourth-order valence-corrected chi connectivity index (χ4v) is 2.31. The van der Waals surface area contributed by atoms with Crippen molar-refractivity contribution in [1.82, 2.24) is 15.0 Å². The van der Waals surface area contributed by atoms with Crippen LogP contribution in [-0.2, 0) is 12.8 Å². The van der Waals surface area contributed by atoms with E-state index in [1.54, 1.807) is 6.20 Å². The Labute approximate surface area is 99.9 Å². The van der Waals surface area contributed by atoms with Crippen molar-refractivity contribution in [2.75, 3.05) is 5.73 Å². The highest BCUT2D eigenvalue weighted by atomic mass is 15.0. The van der Waals surface area contributed by atoms with Gasteiger partial charge in [0.2, 0.25) is 0 Å². The molecule has 0 saturated carbocycles. The van der Waals surface area contributed by atoms with E-state index in [1.165, 1.54) is 0 Å². The van der Waals surface area contributed by atoms with Crippen LogP contribution in [0, 0.1) is 6.92 Å². The molecule has 0 spiro atoms. The Balaban J connectivity index is 2.17. The molecule has 0 aromatic carbocycles. The van der Waals surface area contributed by atoms with Crippen LogP contribution in [0.4, 0.5) is 5.82 Å². The van der Waals surface area contributed by atoms with Crippen LogP contribution in [-0.4, -0.2) is 15.0 Å². The van der Waals surface area contributed by atoms with Gasteiger partial charge in [0.25, 0.3) is 0 Å². The summed E-state index contributed by atoms with van der Waals surface area (Å²) in [5.74, 6) is 1.36. The second kappa shape index (κ2) is 3.80. The summed E-state index contributed by atoms with van der Waals surface area (Å²) < 4.78 is 0. The van der Waals surface area contributed by atoms with Crippen LogP contribution in [0.25, 0.3) is 11.4 Å². The molecule has 0 amide bonds. The normalized spacial score (nSPS) is 13.7. The van der Waals surface area contributed by atoms with Crippen molar-refractivity contribution in [1.29, 1.82) is 0 Å². The first-order chi connectivity index (χ1) is 8.25. The Kier molecular flexibility index (Phi) is 2.28. The Bertz CT molecular complexity index is 578. The molecule has 0 aliphatic heterocycles. The smallest absolute Gasteiger partial charge is 0.162 e. The molecule has 2 heterocycles. The zero-order valence-corrected chi connectivity index (χ0v) is 9.77. The molecule has 1 aliphatic rings. The molecule has 0 atom stereocenters. The molecule has 2 aromatic heterocycles. The van der Waals surface area contributed by atoms with E-state index in [-0.39, 0.29) is 0 Å². The van der Waals surface area contributed by atoms with Crippen LogP contribution in [0.3, 0.4) is 0 Å². The van der Waals surface area contributed by atoms with Crippen molar-refractivity contribution in [3.05, 3.63) is 35.3 Å². The molecule has 0 unspecified atom stereocenters. The predicted molar refractivity (Wildman–Crippen MR) is 66.4 cm³/mol. The van der Waals surface area contributed by atoms with E-state index >= 15 is 0 Å². The van der Waals surface area contributed by atoms with Gasteiger partial charge in [-0.3, -0.25) is 4.98 Å². The number of rotatable bonds is 1. The number of nitrogens with zero attached hydrogens (tertiary/aromatic N) is 3. The lowest BCUT2D eigenvalue weighted by atomic mass is 10.1. The van der Waals surface area contributed by atoms with E-state index in [9.17, 15) is 0 Å². The van der Waals surface area contributed by atoms with Crippen LogP contribution >= 0.6 is 0 Å². The third-order valence-corrected chi connectivity index (χ3v) is 3.23. The van der Waals surface area contributed by atoms with Crippen molar-refractivity contribution < 1.29 is 0 Å². The quantitative estimate of drug-likeness (QED) is 0.806. The van der Waals surface area contributed by atoms with Gasteiger partial charge in [0.1, 0.15) is 5.82 Å². The summed E-state index contributed by atoms with van der Waals surface area (Å²) in [4.78, 5) is 13.1. The van der Waals surface area contributed by atoms with Gasteiger partial charge in [-0.25, -0.2) is 9.97 Å². The number of pyridine rings is 1. The van der Waals surface area contributed by atoms with Crippen molar-refractivity contribution in [3.8, 4) is 11.4 Å². The third-order valence-electron chi connectivity index (χ3n) is 3.23. The molecule has 86 valence electrons. The summed E-state index contributed by atoms with van der Waals surface area (Å²) in [6, 6.07) is 1.94. The lowest BCUT2D eigenvalue weighted by Crippen LogP contribution is -2.03. The number of fused-ring (bicyclic) bond motifs is 1. The fraction of sp³-hybridized carbons (Fsp3) is 0.308. The summed E-state index contributed by atoms with van der Waals surface area (Å²) in [5, 5.41) is 0. The molecular weight excluding hydrogens is 212 g/mol. The molecule has 3 rings (SSSR count). The van der Waals surface area contributed by atoms with Gasteiger partial charge in [0, 0.05) is 29.2 Å². The third kappa shape index (κ3) is 1.65. The van der Waals surface area contributed by atoms with Gasteiger partial charge in [-0.15, -0.1) is 0 Å². The molecule has 1 aliphatic carbocycles. The maximum Gasteiger partial charge on any atom is 0.162 e. The number of aromatic nitrogens is 3. The van der Waals surface area contributed by atoms with Gasteiger partial charge in [0.05, 0.1) is 0 Å². The molecule has 0 bridgehead atoms. The van der Waals surface area contributed by atoms with Crippen molar-refractivity contribution in [2.45, 2.75) is 26.2 Å². The van der Waals surface area contributed by atoms with E-state index in [2.05, 4.69) is 15.0 Å². The maximum absolute atomic E-state index is 5.99. The molecule has 17 heavy (non-hydrogen) atoms. The van der Waals surface area contributed by atoms with E-state index in [0.29, 0.717) is 5.82 Å². The fourth-order valence-electron chi connectivity index (χ4n) is 2.31.